The molecule has 3 aromatic rings. The Balaban J connectivity index is 1.30. The number of nitrogens with zero attached hydrogens (tertiary/aromatic N) is 4. The third-order valence-corrected chi connectivity index (χ3v) is 8.58. The fourth-order valence-electron chi connectivity index (χ4n) is 6.64. The van der Waals surface area contributed by atoms with E-state index in [1.54, 1.807) is 6.07 Å². The minimum absolute atomic E-state index is 0.0887. The van der Waals surface area contributed by atoms with Crippen molar-refractivity contribution in [2.45, 2.75) is 64.2 Å². The van der Waals surface area contributed by atoms with Crippen LogP contribution in [0, 0.1) is 5.82 Å². The second kappa shape index (κ2) is 11.0. The second-order valence-corrected chi connectivity index (χ2v) is 11.0. The summed E-state index contributed by atoms with van der Waals surface area (Å²) in [5.41, 5.74) is 2.50. The highest BCUT2D eigenvalue weighted by atomic mass is 19.1. The molecule has 6 rings (SSSR count). The smallest absolute Gasteiger partial charge is 0.320 e. The first-order valence-electron chi connectivity index (χ1n) is 14.2. The quantitative estimate of drug-likeness (QED) is 0.295. The number of fused-ring (bicyclic) bond motifs is 3. The second-order valence-electron chi connectivity index (χ2n) is 11.0. The maximum absolute atomic E-state index is 14.9. The van der Waals surface area contributed by atoms with Crippen LogP contribution in [0.25, 0.3) is 10.8 Å². The summed E-state index contributed by atoms with van der Waals surface area (Å²) in [6.45, 7) is 7.08. The largest absolute Gasteiger partial charge is 0.493 e. The molecular weight excluding hydrogens is 518 g/mol. The number of hydrogen-bond donors (Lipinski definition) is 1. The number of rotatable bonds is 9. The third kappa shape index (κ3) is 4.92. The molecule has 0 bridgehead atoms. The van der Waals surface area contributed by atoms with Gasteiger partial charge in [0.05, 0.1) is 17.8 Å². The molecule has 10 heteroatoms. The minimum Gasteiger partial charge on any atom is -0.493 e. The van der Waals surface area contributed by atoms with E-state index in [4.69, 9.17) is 19.2 Å². The highest BCUT2D eigenvalue weighted by molar-refractivity contribution is 5.98. The lowest BCUT2D eigenvalue weighted by Gasteiger charge is -2.33. The predicted molar refractivity (Wildman–Crippen MR) is 147 cm³/mol. The van der Waals surface area contributed by atoms with Gasteiger partial charge in [0.1, 0.15) is 24.3 Å². The molecule has 3 aliphatic rings. The monoisotopic (exact) mass is 554 g/mol. The zero-order chi connectivity index (χ0) is 27.9. The molecule has 0 amide bonds. The predicted octanol–water partition coefficient (Wildman–Crippen LogP) is 4.93. The summed E-state index contributed by atoms with van der Waals surface area (Å²) in [6, 6.07) is 7.20. The summed E-state index contributed by atoms with van der Waals surface area (Å²) >= 11 is 0. The standard InChI is InChI=1S/C30H36F2N4O4/c1-3-22-24(32)7-6-19-12-21(40-18-38-4-2)13-26(27(19)22)35-11-8-23-25(16-35)33-29(34-28(23)37)39-17-30-9-5-10-36(30)15-20(31)14-30/h6-7,12-13,20H,3-5,8-11,14-18H2,1-2H3,(H,33,34,37)/t20-,30+/m1/s1. The first kappa shape index (κ1) is 27.0. The molecule has 2 aromatic carbocycles. The Morgan fingerprint density at radius 1 is 1.15 bits per heavy atom. The molecule has 0 aliphatic carbocycles. The van der Waals surface area contributed by atoms with Crippen LogP contribution in [-0.2, 0) is 24.1 Å². The fourth-order valence-corrected chi connectivity index (χ4v) is 6.64. The van der Waals surface area contributed by atoms with Gasteiger partial charge in [-0.05, 0) is 62.2 Å². The van der Waals surface area contributed by atoms with E-state index in [9.17, 15) is 13.9 Å². The molecule has 214 valence electrons. The van der Waals surface area contributed by atoms with Crippen molar-refractivity contribution in [3.05, 3.63) is 46.9 Å². The lowest BCUT2D eigenvalue weighted by molar-refractivity contribution is 0.0225. The summed E-state index contributed by atoms with van der Waals surface area (Å²) < 4.78 is 46.4. The molecular formula is C30H36F2N4O4. The zero-order valence-electron chi connectivity index (χ0n) is 23.1. The molecule has 3 aliphatic heterocycles. The number of alkyl halides is 1. The van der Waals surface area contributed by atoms with Crippen molar-refractivity contribution in [2.24, 2.45) is 0 Å². The summed E-state index contributed by atoms with van der Waals surface area (Å²) in [5.74, 6) is 0.303. The molecule has 0 unspecified atom stereocenters. The Bertz CT molecular complexity index is 1410. The van der Waals surface area contributed by atoms with Crippen molar-refractivity contribution in [1.82, 2.24) is 14.9 Å². The average molecular weight is 555 g/mol. The van der Waals surface area contributed by atoms with E-state index in [0.29, 0.717) is 74.7 Å². The molecule has 2 atom stereocenters. The molecule has 1 aromatic heterocycles. The maximum Gasteiger partial charge on any atom is 0.320 e. The summed E-state index contributed by atoms with van der Waals surface area (Å²) in [5, 5.41) is 12.5. The summed E-state index contributed by atoms with van der Waals surface area (Å²) in [4.78, 5) is 13.2. The van der Waals surface area contributed by atoms with Crippen LogP contribution in [0.4, 0.5) is 14.5 Å². The molecule has 4 heterocycles. The fraction of sp³-hybridized carbons (Fsp3) is 0.533. The van der Waals surface area contributed by atoms with Crippen LogP contribution in [-0.4, -0.2) is 71.3 Å². The van der Waals surface area contributed by atoms with Crippen LogP contribution < -0.4 is 14.4 Å². The van der Waals surface area contributed by atoms with E-state index in [1.165, 1.54) is 6.07 Å². The molecule has 1 N–H and O–H groups in total. The van der Waals surface area contributed by atoms with Crippen LogP contribution in [0.5, 0.6) is 17.6 Å². The van der Waals surface area contributed by atoms with Crippen LogP contribution in [0.2, 0.25) is 0 Å². The molecule has 0 spiro atoms. The van der Waals surface area contributed by atoms with Gasteiger partial charge >= 0.3 is 6.01 Å². The Labute approximate surface area is 232 Å². The number of aryl methyl sites for hydroxylation is 1. The van der Waals surface area contributed by atoms with Crippen molar-refractivity contribution in [1.29, 1.82) is 0 Å². The number of halogens is 2. The Kier molecular flexibility index (Phi) is 7.39. The van der Waals surface area contributed by atoms with Crippen molar-refractivity contribution >= 4 is 16.5 Å². The van der Waals surface area contributed by atoms with E-state index < -0.39 is 6.17 Å². The van der Waals surface area contributed by atoms with Crippen LogP contribution in [0.3, 0.4) is 0 Å². The van der Waals surface area contributed by atoms with Gasteiger partial charge in [0.25, 0.3) is 0 Å². The van der Waals surface area contributed by atoms with Crippen molar-refractivity contribution < 1.29 is 28.1 Å². The molecule has 0 saturated carbocycles. The topological polar surface area (TPSA) is 80.2 Å². The van der Waals surface area contributed by atoms with Gasteiger partial charge in [-0.15, -0.1) is 0 Å². The van der Waals surface area contributed by atoms with E-state index in [2.05, 4.69) is 14.8 Å². The van der Waals surface area contributed by atoms with Crippen molar-refractivity contribution in [3.63, 3.8) is 0 Å². The molecule has 0 radical (unpaired) electrons. The summed E-state index contributed by atoms with van der Waals surface area (Å²) in [6.07, 6.45) is 2.55. The van der Waals surface area contributed by atoms with Crippen LogP contribution in [0.1, 0.15) is 49.9 Å². The first-order valence-corrected chi connectivity index (χ1v) is 14.2. The van der Waals surface area contributed by atoms with Crippen LogP contribution >= 0.6 is 0 Å². The van der Waals surface area contributed by atoms with E-state index >= 15 is 0 Å². The zero-order valence-corrected chi connectivity index (χ0v) is 23.1. The number of anilines is 1. The number of aromatic hydroxyl groups is 1. The first-order chi connectivity index (χ1) is 19.4. The molecule has 40 heavy (non-hydrogen) atoms. The minimum atomic E-state index is -0.851. The molecule has 2 fully saturated rings. The van der Waals surface area contributed by atoms with Crippen LogP contribution in [0.15, 0.2) is 24.3 Å². The molecule has 8 nitrogen and oxygen atoms in total. The van der Waals surface area contributed by atoms with Gasteiger partial charge < -0.3 is 24.2 Å². The van der Waals surface area contributed by atoms with Gasteiger partial charge in [-0.3, -0.25) is 4.90 Å². The van der Waals surface area contributed by atoms with E-state index in [0.717, 1.165) is 35.8 Å². The number of hydrogen-bond acceptors (Lipinski definition) is 8. The normalized spacial score (nSPS) is 22.5. The maximum atomic E-state index is 14.9. The average Bonchev–Trinajstić information content (AvgIpc) is 3.47. The lowest BCUT2D eigenvalue weighted by Crippen LogP contribution is -2.43. The highest BCUT2D eigenvalue weighted by Gasteiger charge is 2.49. The Hall–Kier alpha value is -3.24. The van der Waals surface area contributed by atoms with Crippen molar-refractivity contribution in [3.8, 4) is 17.6 Å². The van der Waals surface area contributed by atoms with Gasteiger partial charge in [-0.2, -0.15) is 9.97 Å². The number of benzene rings is 2. The Morgan fingerprint density at radius 2 is 2.02 bits per heavy atom. The van der Waals surface area contributed by atoms with Gasteiger partial charge in [0.2, 0.25) is 5.88 Å². The lowest BCUT2D eigenvalue weighted by atomic mass is 9.95. The Morgan fingerprint density at radius 3 is 2.85 bits per heavy atom. The van der Waals surface area contributed by atoms with Gasteiger partial charge in [0.15, 0.2) is 6.79 Å². The molecule has 2 saturated heterocycles. The third-order valence-electron chi connectivity index (χ3n) is 8.58. The SMILES string of the molecule is CCOCOc1cc(N2CCc3c(O)nc(OC[C@@]45CCCN4C[C@H](F)C5)nc3C2)c2c(CC)c(F)ccc2c1. The number of ether oxygens (including phenoxy) is 3. The highest BCUT2D eigenvalue weighted by Crippen LogP contribution is 2.41. The summed E-state index contributed by atoms with van der Waals surface area (Å²) in [7, 11) is 0. The van der Waals surface area contributed by atoms with Crippen molar-refractivity contribution in [2.75, 3.05) is 44.5 Å². The number of aromatic nitrogens is 2. The van der Waals surface area contributed by atoms with Gasteiger partial charge in [-0.25, -0.2) is 8.78 Å². The van der Waals surface area contributed by atoms with Gasteiger partial charge in [-0.1, -0.05) is 13.0 Å². The van der Waals surface area contributed by atoms with E-state index in [1.807, 2.05) is 26.0 Å². The van der Waals surface area contributed by atoms with Gasteiger partial charge in [0, 0.05) is 48.8 Å². The van der Waals surface area contributed by atoms with E-state index in [-0.39, 0.29) is 30.0 Å².